The number of pyridine rings is 1. The molecular weight excluding hydrogens is 355 g/mol. The molecule has 0 aliphatic heterocycles. The molecule has 7 heteroatoms. The summed E-state index contributed by atoms with van der Waals surface area (Å²) in [6.45, 7) is 1.95. The Balaban J connectivity index is 1.73. The summed E-state index contributed by atoms with van der Waals surface area (Å²) in [6.07, 6.45) is -2.92. The monoisotopic (exact) mass is 371 g/mol. The topological polar surface area (TPSA) is 54.0 Å². The van der Waals surface area contributed by atoms with Gasteiger partial charge >= 0.3 is 6.18 Å². The zero-order valence-electron chi connectivity index (χ0n) is 14.3. The summed E-state index contributed by atoms with van der Waals surface area (Å²) in [4.78, 5) is 16.6. The highest BCUT2D eigenvalue weighted by atomic mass is 19.4. The fourth-order valence-corrected chi connectivity index (χ4v) is 2.44. The Morgan fingerprint density at radius 1 is 1.00 bits per heavy atom. The van der Waals surface area contributed by atoms with Crippen molar-refractivity contribution < 1.29 is 18.0 Å². The van der Waals surface area contributed by atoms with Gasteiger partial charge in [0.15, 0.2) is 0 Å². The Hall–Kier alpha value is -3.35. The van der Waals surface area contributed by atoms with Crippen molar-refractivity contribution in [1.29, 1.82) is 0 Å². The number of halogens is 3. The van der Waals surface area contributed by atoms with Crippen LogP contribution < -0.4 is 10.6 Å². The highest BCUT2D eigenvalue weighted by Crippen LogP contribution is 2.30. The Morgan fingerprint density at radius 3 is 2.37 bits per heavy atom. The quantitative estimate of drug-likeness (QED) is 0.645. The van der Waals surface area contributed by atoms with Gasteiger partial charge in [0, 0.05) is 23.1 Å². The molecule has 0 bridgehead atoms. The molecule has 0 saturated heterocycles. The Kier molecular flexibility index (Phi) is 5.12. The van der Waals surface area contributed by atoms with E-state index in [9.17, 15) is 18.0 Å². The van der Waals surface area contributed by atoms with Crippen LogP contribution in [0.15, 0.2) is 66.9 Å². The fraction of sp³-hybridized carbons (Fsp3) is 0.100. The van der Waals surface area contributed by atoms with Gasteiger partial charge < -0.3 is 10.6 Å². The zero-order chi connectivity index (χ0) is 19.4. The number of carbonyl (C=O) groups excluding carboxylic acids is 1. The first-order valence-electron chi connectivity index (χ1n) is 8.10. The number of anilines is 3. The van der Waals surface area contributed by atoms with Crippen LogP contribution in [0.4, 0.5) is 30.4 Å². The number of amides is 1. The maximum atomic E-state index is 12.6. The summed E-state index contributed by atoms with van der Waals surface area (Å²) in [7, 11) is 0. The molecule has 0 saturated carbocycles. The Bertz CT molecular complexity index is 953. The standard InChI is InChI=1S/C20H16F3N3O/c1-13-4-2-3-5-17(13)26-18-12-14(10-11-24-18)19(27)25-16-8-6-15(7-9-16)20(21,22)23/h2-12H,1H3,(H,24,26)(H,25,27). The minimum Gasteiger partial charge on any atom is -0.340 e. The average molecular weight is 371 g/mol. The molecule has 3 aromatic rings. The minimum absolute atomic E-state index is 0.276. The van der Waals surface area contributed by atoms with Gasteiger partial charge in [-0.3, -0.25) is 4.79 Å². The molecule has 0 spiro atoms. The summed E-state index contributed by atoms with van der Waals surface area (Å²) in [5.74, 6) is 0.0503. The highest BCUT2D eigenvalue weighted by Gasteiger charge is 2.30. The van der Waals surface area contributed by atoms with Gasteiger partial charge in [-0.2, -0.15) is 13.2 Å². The third kappa shape index (κ3) is 4.63. The maximum absolute atomic E-state index is 12.6. The lowest BCUT2D eigenvalue weighted by Gasteiger charge is -2.11. The molecule has 1 aromatic heterocycles. The largest absolute Gasteiger partial charge is 0.416 e. The van der Waals surface area contributed by atoms with Crippen LogP contribution >= 0.6 is 0 Å². The molecule has 0 unspecified atom stereocenters. The molecule has 138 valence electrons. The van der Waals surface area contributed by atoms with Crippen molar-refractivity contribution in [3.63, 3.8) is 0 Å². The summed E-state index contributed by atoms with van der Waals surface area (Å²) in [6, 6.07) is 15.0. The molecule has 0 fully saturated rings. The first-order chi connectivity index (χ1) is 12.8. The molecule has 0 atom stereocenters. The number of carbonyl (C=O) groups is 1. The van der Waals surface area contributed by atoms with Crippen molar-refractivity contribution in [2.75, 3.05) is 10.6 Å². The van der Waals surface area contributed by atoms with Gasteiger partial charge in [0.25, 0.3) is 5.91 Å². The predicted molar refractivity (Wildman–Crippen MR) is 98.1 cm³/mol. The van der Waals surface area contributed by atoms with E-state index in [1.807, 2.05) is 31.2 Å². The number of aromatic nitrogens is 1. The van der Waals surface area contributed by atoms with Crippen LogP contribution in [0, 0.1) is 6.92 Å². The first-order valence-corrected chi connectivity index (χ1v) is 8.10. The summed E-state index contributed by atoms with van der Waals surface area (Å²) in [5.41, 5.74) is 1.73. The summed E-state index contributed by atoms with van der Waals surface area (Å²) in [5, 5.41) is 5.72. The molecular formula is C20H16F3N3O. The van der Waals surface area contributed by atoms with E-state index in [4.69, 9.17) is 0 Å². The number of para-hydroxylation sites is 1. The van der Waals surface area contributed by atoms with Gasteiger partial charge in [-0.05, 0) is 55.0 Å². The molecule has 0 radical (unpaired) electrons. The van der Waals surface area contributed by atoms with Gasteiger partial charge in [-0.1, -0.05) is 18.2 Å². The van der Waals surface area contributed by atoms with Crippen LogP contribution in [0.3, 0.4) is 0 Å². The number of alkyl halides is 3. The van der Waals surface area contributed by atoms with Crippen LogP contribution in [-0.2, 0) is 6.18 Å². The van der Waals surface area contributed by atoms with Gasteiger partial charge in [0.05, 0.1) is 5.56 Å². The Morgan fingerprint density at radius 2 is 1.70 bits per heavy atom. The minimum atomic E-state index is -4.41. The molecule has 0 aliphatic rings. The lowest BCUT2D eigenvalue weighted by atomic mass is 10.2. The molecule has 1 heterocycles. The smallest absolute Gasteiger partial charge is 0.340 e. The molecule has 4 nitrogen and oxygen atoms in total. The van der Waals surface area contributed by atoms with Crippen molar-refractivity contribution in [3.05, 3.63) is 83.6 Å². The number of nitrogens with one attached hydrogen (secondary N) is 2. The van der Waals surface area contributed by atoms with Crippen LogP contribution in [0.2, 0.25) is 0 Å². The van der Waals surface area contributed by atoms with E-state index in [0.29, 0.717) is 11.4 Å². The van der Waals surface area contributed by atoms with Crippen molar-refractivity contribution in [1.82, 2.24) is 4.98 Å². The van der Waals surface area contributed by atoms with E-state index in [-0.39, 0.29) is 5.69 Å². The van der Waals surface area contributed by atoms with Crippen LogP contribution in [0.25, 0.3) is 0 Å². The normalized spacial score (nSPS) is 11.1. The second kappa shape index (κ2) is 7.49. The number of nitrogens with zero attached hydrogens (tertiary/aromatic N) is 1. The third-order valence-corrected chi connectivity index (χ3v) is 3.90. The second-order valence-corrected chi connectivity index (χ2v) is 5.90. The maximum Gasteiger partial charge on any atom is 0.416 e. The van der Waals surface area contributed by atoms with Crippen LogP contribution in [0.1, 0.15) is 21.5 Å². The lowest BCUT2D eigenvalue weighted by molar-refractivity contribution is -0.137. The zero-order valence-corrected chi connectivity index (χ0v) is 14.3. The molecule has 2 N–H and O–H groups in total. The molecule has 3 rings (SSSR count). The molecule has 0 aliphatic carbocycles. The summed E-state index contributed by atoms with van der Waals surface area (Å²) < 4.78 is 37.8. The first kappa shape index (κ1) is 18.4. The second-order valence-electron chi connectivity index (χ2n) is 5.90. The Labute approximate surface area is 154 Å². The fourth-order valence-electron chi connectivity index (χ4n) is 2.44. The van der Waals surface area contributed by atoms with Crippen molar-refractivity contribution in [2.24, 2.45) is 0 Å². The van der Waals surface area contributed by atoms with E-state index in [2.05, 4.69) is 15.6 Å². The average Bonchev–Trinajstić information content (AvgIpc) is 2.63. The predicted octanol–water partition coefficient (Wildman–Crippen LogP) is 5.40. The third-order valence-electron chi connectivity index (χ3n) is 3.90. The SMILES string of the molecule is Cc1ccccc1Nc1cc(C(=O)Nc2ccc(C(F)(F)F)cc2)ccn1. The van der Waals surface area contributed by atoms with E-state index in [0.717, 1.165) is 23.4 Å². The molecule has 1 amide bonds. The lowest BCUT2D eigenvalue weighted by Crippen LogP contribution is -2.13. The van der Waals surface area contributed by atoms with Crippen molar-refractivity contribution in [3.8, 4) is 0 Å². The van der Waals surface area contributed by atoms with Gasteiger partial charge in [-0.15, -0.1) is 0 Å². The van der Waals surface area contributed by atoms with Crippen molar-refractivity contribution >= 4 is 23.1 Å². The number of benzene rings is 2. The number of hydrogen-bond donors (Lipinski definition) is 2. The van der Waals surface area contributed by atoms with E-state index in [1.165, 1.54) is 24.4 Å². The van der Waals surface area contributed by atoms with E-state index >= 15 is 0 Å². The van der Waals surface area contributed by atoms with Crippen LogP contribution in [-0.4, -0.2) is 10.9 Å². The van der Waals surface area contributed by atoms with Gasteiger partial charge in [-0.25, -0.2) is 4.98 Å². The summed E-state index contributed by atoms with van der Waals surface area (Å²) >= 11 is 0. The van der Waals surface area contributed by atoms with Crippen molar-refractivity contribution in [2.45, 2.75) is 13.1 Å². The van der Waals surface area contributed by atoms with Gasteiger partial charge in [0.2, 0.25) is 0 Å². The molecule has 2 aromatic carbocycles. The molecule has 27 heavy (non-hydrogen) atoms. The van der Waals surface area contributed by atoms with Gasteiger partial charge in [0.1, 0.15) is 5.82 Å². The van der Waals surface area contributed by atoms with E-state index < -0.39 is 17.6 Å². The highest BCUT2D eigenvalue weighted by molar-refractivity contribution is 6.04. The number of rotatable bonds is 4. The number of aryl methyl sites for hydroxylation is 1. The van der Waals surface area contributed by atoms with E-state index in [1.54, 1.807) is 6.07 Å². The number of hydrogen-bond acceptors (Lipinski definition) is 3. The van der Waals surface area contributed by atoms with Crippen LogP contribution in [0.5, 0.6) is 0 Å².